The summed E-state index contributed by atoms with van der Waals surface area (Å²) in [4.78, 5) is 4.59. The number of hydrogen-bond acceptors (Lipinski definition) is 3. The number of nitrogens with zero attached hydrogens (tertiary/aromatic N) is 2. The predicted octanol–water partition coefficient (Wildman–Crippen LogP) is 3.97. The Morgan fingerprint density at radius 3 is 2.46 bits per heavy atom. The maximum absolute atomic E-state index is 8.84. The van der Waals surface area contributed by atoms with Crippen LogP contribution in [0.4, 0.5) is 0 Å². The fourth-order valence-electron chi connectivity index (χ4n) is 3.00. The lowest BCUT2D eigenvalue weighted by molar-refractivity contribution is 0.0468. The van der Waals surface area contributed by atoms with Crippen molar-refractivity contribution in [1.82, 2.24) is 10.6 Å². The van der Waals surface area contributed by atoms with Crippen molar-refractivity contribution in [3.8, 4) is 6.07 Å². The molecule has 0 radical (unpaired) electrons. The molecule has 26 heavy (non-hydrogen) atoms. The van der Waals surface area contributed by atoms with Gasteiger partial charge in [0.2, 0.25) is 0 Å². The molecule has 1 aromatic rings. The minimum absolute atomic E-state index is 0. The van der Waals surface area contributed by atoms with E-state index in [0.717, 1.165) is 24.6 Å². The lowest BCUT2D eigenvalue weighted by atomic mass is 10.1. The van der Waals surface area contributed by atoms with E-state index >= 15 is 0 Å². The summed E-state index contributed by atoms with van der Waals surface area (Å²) in [5.74, 6) is 0.802. The summed E-state index contributed by atoms with van der Waals surface area (Å²) in [6.07, 6.45) is 8.14. The van der Waals surface area contributed by atoms with E-state index in [0.29, 0.717) is 24.8 Å². The van der Waals surface area contributed by atoms with Crippen molar-refractivity contribution < 1.29 is 4.74 Å². The minimum atomic E-state index is 0. The van der Waals surface area contributed by atoms with Gasteiger partial charge in [-0.1, -0.05) is 37.8 Å². The predicted molar refractivity (Wildman–Crippen MR) is 117 cm³/mol. The monoisotopic (exact) mass is 470 g/mol. The number of aliphatic imine (C=N–C) groups is 1. The summed E-state index contributed by atoms with van der Waals surface area (Å²) >= 11 is 0. The Kier molecular flexibility index (Phi) is 12.1. The zero-order valence-corrected chi connectivity index (χ0v) is 18.0. The lowest BCUT2D eigenvalue weighted by Crippen LogP contribution is -2.39. The van der Waals surface area contributed by atoms with E-state index in [4.69, 9.17) is 10.00 Å². The standard InChI is InChI=1S/C20H30N4O.HI/c1-2-22-20(24-16-18-11-9-17(15-21)10-12-18)23-13-14-25-19-7-5-3-4-6-8-19;/h9-12,19H,2-8,13-14,16H2,1H3,(H2,22,23,24);1H. The number of halogens is 1. The molecule has 0 atom stereocenters. The van der Waals surface area contributed by atoms with Crippen LogP contribution in [0.1, 0.15) is 56.6 Å². The molecule has 2 N–H and O–H groups in total. The highest BCUT2D eigenvalue weighted by molar-refractivity contribution is 14.0. The molecular formula is C20H31IN4O. The number of nitrogens with one attached hydrogen (secondary N) is 2. The Bertz CT molecular complexity index is 560. The molecule has 1 fully saturated rings. The summed E-state index contributed by atoms with van der Waals surface area (Å²) < 4.78 is 6.00. The summed E-state index contributed by atoms with van der Waals surface area (Å²) in [6, 6.07) is 9.67. The first-order valence-corrected chi connectivity index (χ1v) is 9.44. The van der Waals surface area contributed by atoms with Crippen molar-refractivity contribution >= 4 is 29.9 Å². The van der Waals surface area contributed by atoms with Crippen LogP contribution in [0.2, 0.25) is 0 Å². The molecule has 0 unspecified atom stereocenters. The summed E-state index contributed by atoms with van der Waals surface area (Å²) in [7, 11) is 0. The maximum Gasteiger partial charge on any atom is 0.191 e. The van der Waals surface area contributed by atoms with E-state index < -0.39 is 0 Å². The first-order valence-electron chi connectivity index (χ1n) is 9.44. The summed E-state index contributed by atoms with van der Waals surface area (Å²) in [6.45, 7) is 4.94. The van der Waals surface area contributed by atoms with E-state index in [1.54, 1.807) is 0 Å². The average Bonchev–Trinajstić information content (AvgIpc) is 2.92. The molecule has 2 rings (SSSR count). The van der Waals surface area contributed by atoms with Gasteiger partial charge in [-0.3, -0.25) is 0 Å². The molecule has 0 aromatic heterocycles. The molecule has 0 heterocycles. The van der Waals surface area contributed by atoms with E-state index in [9.17, 15) is 0 Å². The first kappa shape index (κ1) is 22.7. The highest BCUT2D eigenvalue weighted by atomic mass is 127. The van der Waals surface area contributed by atoms with Crippen LogP contribution >= 0.6 is 24.0 Å². The largest absolute Gasteiger partial charge is 0.376 e. The topological polar surface area (TPSA) is 69.4 Å². The van der Waals surface area contributed by atoms with Crippen LogP contribution in [0.15, 0.2) is 29.3 Å². The lowest BCUT2D eigenvalue weighted by Gasteiger charge is -2.16. The minimum Gasteiger partial charge on any atom is -0.376 e. The van der Waals surface area contributed by atoms with Gasteiger partial charge in [0.15, 0.2) is 5.96 Å². The summed E-state index contributed by atoms with van der Waals surface area (Å²) in [5.41, 5.74) is 1.76. The molecule has 1 aliphatic carbocycles. The molecule has 0 amide bonds. The number of nitriles is 1. The molecule has 0 saturated heterocycles. The molecule has 0 aliphatic heterocycles. The van der Waals surface area contributed by atoms with Crippen molar-refractivity contribution in [1.29, 1.82) is 5.26 Å². The maximum atomic E-state index is 8.84. The average molecular weight is 470 g/mol. The molecule has 0 bridgehead atoms. The zero-order chi connectivity index (χ0) is 17.7. The normalized spacial score (nSPS) is 15.5. The molecule has 6 heteroatoms. The van der Waals surface area contributed by atoms with Gasteiger partial charge in [0.05, 0.1) is 30.9 Å². The van der Waals surface area contributed by atoms with Crippen LogP contribution in [0, 0.1) is 11.3 Å². The molecule has 0 spiro atoms. The second-order valence-corrected chi connectivity index (χ2v) is 6.42. The van der Waals surface area contributed by atoms with Gasteiger partial charge >= 0.3 is 0 Å². The fourth-order valence-corrected chi connectivity index (χ4v) is 3.00. The number of benzene rings is 1. The van der Waals surface area contributed by atoms with Gasteiger partial charge in [0.1, 0.15) is 0 Å². The van der Waals surface area contributed by atoms with Gasteiger partial charge in [-0.25, -0.2) is 4.99 Å². The Morgan fingerprint density at radius 1 is 1.15 bits per heavy atom. The number of ether oxygens (including phenoxy) is 1. The van der Waals surface area contributed by atoms with Gasteiger partial charge in [0, 0.05) is 13.1 Å². The number of hydrogen-bond donors (Lipinski definition) is 2. The van der Waals surface area contributed by atoms with Crippen molar-refractivity contribution in [2.75, 3.05) is 19.7 Å². The van der Waals surface area contributed by atoms with Gasteiger partial charge in [-0.2, -0.15) is 5.26 Å². The molecular weight excluding hydrogens is 439 g/mol. The number of guanidine groups is 1. The Hall–Kier alpha value is -1.33. The van der Waals surface area contributed by atoms with Gasteiger partial charge in [-0.05, 0) is 37.5 Å². The Labute approximate surface area is 174 Å². The van der Waals surface area contributed by atoms with Crippen LogP contribution < -0.4 is 10.6 Å². The van der Waals surface area contributed by atoms with E-state index in [2.05, 4.69) is 28.6 Å². The van der Waals surface area contributed by atoms with Crippen LogP contribution in [-0.4, -0.2) is 31.8 Å². The Balaban J connectivity index is 0.00000338. The van der Waals surface area contributed by atoms with Gasteiger partial charge < -0.3 is 15.4 Å². The molecule has 1 aromatic carbocycles. The molecule has 1 aliphatic rings. The smallest absolute Gasteiger partial charge is 0.191 e. The number of rotatable bonds is 7. The van der Waals surface area contributed by atoms with Crippen LogP contribution in [-0.2, 0) is 11.3 Å². The third-order valence-electron chi connectivity index (χ3n) is 4.40. The second kappa shape index (κ2) is 13.8. The molecule has 144 valence electrons. The fraction of sp³-hybridized carbons (Fsp3) is 0.600. The zero-order valence-electron chi connectivity index (χ0n) is 15.7. The second-order valence-electron chi connectivity index (χ2n) is 6.42. The van der Waals surface area contributed by atoms with E-state index in [-0.39, 0.29) is 24.0 Å². The van der Waals surface area contributed by atoms with Crippen molar-refractivity contribution in [2.24, 2.45) is 4.99 Å². The van der Waals surface area contributed by atoms with Crippen molar-refractivity contribution in [2.45, 2.75) is 58.1 Å². The van der Waals surface area contributed by atoms with Crippen LogP contribution in [0.25, 0.3) is 0 Å². The highest BCUT2D eigenvalue weighted by Gasteiger charge is 2.12. The van der Waals surface area contributed by atoms with Crippen molar-refractivity contribution in [3.05, 3.63) is 35.4 Å². The van der Waals surface area contributed by atoms with E-state index in [1.165, 1.54) is 38.5 Å². The quantitative estimate of drug-likeness (QED) is 0.208. The molecule has 1 saturated carbocycles. The molecule has 5 nitrogen and oxygen atoms in total. The third-order valence-corrected chi connectivity index (χ3v) is 4.40. The summed E-state index contributed by atoms with van der Waals surface area (Å²) in [5, 5.41) is 15.4. The SMILES string of the molecule is CCNC(=NCc1ccc(C#N)cc1)NCCOC1CCCCCC1.I. The van der Waals surface area contributed by atoms with Crippen molar-refractivity contribution in [3.63, 3.8) is 0 Å². The Morgan fingerprint density at radius 2 is 1.85 bits per heavy atom. The highest BCUT2D eigenvalue weighted by Crippen LogP contribution is 2.19. The third kappa shape index (κ3) is 8.86. The first-order chi connectivity index (χ1) is 12.3. The van der Waals surface area contributed by atoms with Crippen LogP contribution in [0.5, 0.6) is 0 Å². The van der Waals surface area contributed by atoms with Gasteiger partial charge in [-0.15, -0.1) is 24.0 Å². The van der Waals surface area contributed by atoms with Crippen LogP contribution in [0.3, 0.4) is 0 Å². The van der Waals surface area contributed by atoms with E-state index in [1.807, 2.05) is 24.3 Å². The van der Waals surface area contributed by atoms with Gasteiger partial charge in [0.25, 0.3) is 0 Å².